The highest BCUT2D eigenvalue weighted by molar-refractivity contribution is 6.10. The van der Waals surface area contributed by atoms with Crippen LogP contribution < -0.4 is 0 Å². The van der Waals surface area contributed by atoms with Crippen LogP contribution in [0, 0.1) is 12.7 Å². The van der Waals surface area contributed by atoms with Crippen molar-refractivity contribution in [1.29, 1.82) is 0 Å². The Morgan fingerprint density at radius 1 is 1.28 bits per heavy atom. The monoisotopic (exact) mass is 247 g/mol. The fourth-order valence-corrected chi connectivity index (χ4v) is 1.64. The molecule has 0 spiro atoms. The Kier molecular flexibility index (Phi) is 2.97. The van der Waals surface area contributed by atoms with Gasteiger partial charge in [-0.15, -0.1) is 0 Å². The normalized spacial score (nSPS) is 10.3. The molecular formula is C13H10FNO3. The first kappa shape index (κ1) is 12.0. The molecule has 2 rings (SSSR count). The minimum Gasteiger partial charge on any atom is -0.477 e. The van der Waals surface area contributed by atoms with E-state index in [1.807, 2.05) is 0 Å². The average Bonchev–Trinajstić information content (AvgIpc) is 2.81. The molecule has 2 aromatic rings. The molecular weight excluding hydrogens is 237 g/mol. The fraction of sp³-hybridized carbons (Fsp3) is 0.0769. The summed E-state index contributed by atoms with van der Waals surface area (Å²) < 4.78 is 13.1. The maximum absolute atomic E-state index is 13.1. The van der Waals surface area contributed by atoms with E-state index in [0.717, 1.165) is 6.07 Å². The van der Waals surface area contributed by atoms with Gasteiger partial charge in [-0.05, 0) is 30.7 Å². The topological polar surface area (TPSA) is 70.2 Å². The van der Waals surface area contributed by atoms with Crippen molar-refractivity contribution in [3.63, 3.8) is 0 Å². The summed E-state index contributed by atoms with van der Waals surface area (Å²) in [6.07, 6.45) is 1.30. The van der Waals surface area contributed by atoms with Crippen LogP contribution >= 0.6 is 0 Å². The molecule has 0 radical (unpaired) electrons. The lowest BCUT2D eigenvalue weighted by atomic mass is 10.0. The van der Waals surface area contributed by atoms with Gasteiger partial charge in [0.2, 0.25) is 0 Å². The highest BCUT2D eigenvalue weighted by atomic mass is 19.1. The fourth-order valence-electron chi connectivity index (χ4n) is 1.64. The second kappa shape index (κ2) is 4.44. The van der Waals surface area contributed by atoms with Crippen molar-refractivity contribution in [2.45, 2.75) is 6.92 Å². The lowest BCUT2D eigenvalue weighted by Gasteiger charge is -2.03. The van der Waals surface area contributed by atoms with E-state index >= 15 is 0 Å². The second-order valence-corrected chi connectivity index (χ2v) is 3.90. The molecule has 0 aliphatic rings. The van der Waals surface area contributed by atoms with Gasteiger partial charge in [-0.3, -0.25) is 4.79 Å². The van der Waals surface area contributed by atoms with Crippen LogP contribution in [0.3, 0.4) is 0 Å². The van der Waals surface area contributed by atoms with Crippen LogP contribution in [-0.4, -0.2) is 21.8 Å². The summed E-state index contributed by atoms with van der Waals surface area (Å²) in [6, 6.07) is 5.15. The van der Waals surface area contributed by atoms with E-state index in [1.165, 1.54) is 24.4 Å². The zero-order valence-corrected chi connectivity index (χ0v) is 9.53. The molecule has 1 aromatic heterocycles. The maximum Gasteiger partial charge on any atom is 0.352 e. The molecule has 0 atom stereocenters. The number of hydrogen-bond donors (Lipinski definition) is 2. The van der Waals surface area contributed by atoms with Gasteiger partial charge in [-0.25, -0.2) is 9.18 Å². The average molecular weight is 247 g/mol. The van der Waals surface area contributed by atoms with Crippen molar-refractivity contribution in [2.75, 3.05) is 0 Å². The van der Waals surface area contributed by atoms with Crippen LogP contribution in [0.15, 0.2) is 30.5 Å². The van der Waals surface area contributed by atoms with Gasteiger partial charge in [0.05, 0.1) is 0 Å². The molecule has 0 saturated heterocycles. The number of nitrogens with one attached hydrogen (secondary N) is 1. The molecule has 2 N–H and O–H groups in total. The number of rotatable bonds is 3. The molecule has 0 aliphatic carbocycles. The SMILES string of the molecule is Cc1ccc(F)cc1C(=O)c1c[nH]c(C(=O)O)c1. The molecule has 5 heteroatoms. The van der Waals surface area contributed by atoms with Crippen LogP contribution in [0.1, 0.15) is 32.0 Å². The number of carbonyl (C=O) groups excluding carboxylic acids is 1. The van der Waals surface area contributed by atoms with Crippen molar-refractivity contribution < 1.29 is 19.1 Å². The Bertz CT molecular complexity index is 631. The summed E-state index contributed by atoms with van der Waals surface area (Å²) >= 11 is 0. The quantitative estimate of drug-likeness (QED) is 0.818. The van der Waals surface area contributed by atoms with E-state index in [4.69, 9.17) is 5.11 Å². The molecule has 92 valence electrons. The van der Waals surface area contributed by atoms with Crippen LogP contribution in [0.25, 0.3) is 0 Å². The molecule has 0 unspecified atom stereocenters. The largest absolute Gasteiger partial charge is 0.477 e. The predicted octanol–water partition coefficient (Wildman–Crippen LogP) is 2.39. The van der Waals surface area contributed by atoms with Crippen LogP contribution in [-0.2, 0) is 0 Å². The number of ketones is 1. The molecule has 4 nitrogen and oxygen atoms in total. The van der Waals surface area contributed by atoms with E-state index in [1.54, 1.807) is 6.92 Å². The molecule has 0 fully saturated rings. The van der Waals surface area contributed by atoms with Gasteiger partial charge >= 0.3 is 5.97 Å². The van der Waals surface area contributed by atoms with E-state index in [-0.39, 0.29) is 16.8 Å². The van der Waals surface area contributed by atoms with Gasteiger partial charge in [0.15, 0.2) is 5.78 Å². The number of aromatic amines is 1. The van der Waals surface area contributed by atoms with E-state index < -0.39 is 17.6 Å². The maximum atomic E-state index is 13.1. The van der Waals surface area contributed by atoms with Gasteiger partial charge in [-0.1, -0.05) is 6.07 Å². The Hall–Kier alpha value is -2.43. The second-order valence-electron chi connectivity index (χ2n) is 3.90. The molecule has 0 amide bonds. The number of carbonyl (C=O) groups is 2. The summed E-state index contributed by atoms with van der Waals surface area (Å²) in [5, 5.41) is 8.75. The molecule has 0 aliphatic heterocycles. The molecule has 1 heterocycles. The minimum absolute atomic E-state index is 0.0765. The van der Waals surface area contributed by atoms with Crippen LogP contribution in [0.4, 0.5) is 4.39 Å². The summed E-state index contributed by atoms with van der Waals surface area (Å²) in [5.74, 6) is -2.06. The first-order valence-electron chi connectivity index (χ1n) is 5.21. The summed E-state index contributed by atoms with van der Waals surface area (Å²) in [6.45, 7) is 1.69. The third kappa shape index (κ3) is 2.15. The number of carboxylic acid groups (broad SMARTS) is 1. The zero-order valence-electron chi connectivity index (χ0n) is 9.53. The van der Waals surface area contributed by atoms with Crippen molar-refractivity contribution in [2.24, 2.45) is 0 Å². The smallest absolute Gasteiger partial charge is 0.352 e. The van der Waals surface area contributed by atoms with Crippen molar-refractivity contribution in [1.82, 2.24) is 4.98 Å². The van der Waals surface area contributed by atoms with E-state index in [0.29, 0.717) is 5.56 Å². The van der Waals surface area contributed by atoms with Crippen molar-refractivity contribution >= 4 is 11.8 Å². The molecule has 0 saturated carbocycles. The minimum atomic E-state index is -1.15. The molecule has 18 heavy (non-hydrogen) atoms. The Morgan fingerprint density at radius 2 is 2.00 bits per heavy atom. The van der Waals surface area contributed by atoms with E-state index in [9.17, 15) is 14.0 Å². The number of carboxylic acids is 1. The van der Waals surface area contributed by atoms with Crippen molar-refractivity contribution in [3.05, 3.63) is 58.7 Å². The van der Waals surface area contributed by atoms with Gasteiger partial charge in [0, 0.05) is 17.3 Å². The number of hydrogen-bond acceptors (Lipinski definition) is 2. The summed E-state index contributed by atoms with van der Waals surface area (Å²) in [5.41, 5.74) is 0.985. The van der Waals surface area contributed by atoms with Gasteiger partial charge in [0.25, 0.3) is 0 Å². The summed E-state index contributed by atoms with van der Waals surface area (Å²) in [4.78, 5) is 25.2. The van der Waals surface area contributed by atoms with Gasteiger partial charge in [-0.2, -0.15) is 0 Å². The van der Waals surface area contributed by atoms with Gasteiger partial charge < -0.3 is 10.1 Å². The first-order valence-corrected chi connectivity index (χ1v) is 5.21. The predicted molar refractivity (Wildman–Crippen MR) is 62.3 cm³/mol. The molecule has 1 aromatic carbocycles. The van der Waals surface area contributed by atoms with E-state index in [2.05, 4.69) is 4.98 Å². The third-order valence-corrected chi connectivity index (χ3v) is 2.62. The Morgan fingerprint density at radius 3 is 2.61 bits per heavy atom. The first-order chi connectivity index (χ1) is 8.49. The number of halogens is 1. The third-order valence-electron chi connectivity index (χ3n) is 2.62. The lowest BCUT2D eigenvalue weighted by molar-refractivity contribution is 0.0691. The Balaban J connectivity index is 2.41. The summed E-state index contributed by atoms with van der Waals surface area (Å²) in [7, 11) is 0. The highest BCUT2D eigenvalue weighted by Gasteiger charge is 2.16. The van der Waals surface area contributed by atoms with Crippen LogP contribution in [0.5, 0.6) is 0 Å². The number of H-pyrrole nitrogens is 1. The Labute approximate surface area is 102 Å². The number of benzene rings is 1. The number of aromatic carboxylic acids is 1. The highest BCUT2D eigenvalue weighted by Crippen LogP contribution is 2.16. The van der Waals surface area contributed by atoms with Crippen molar-refractivity contribution in [3.8, 4) is 0 Å². The van der Waals surface area contributed by atoms with Crippen LogP contribution in [0.2, 0.25) is 0 Å². The zero-order chi connectivity index (χ0) is 13.3. The van der Waals surface area contributed by atoms with Gasteiger partial charge in [0.1, 0.15) is 11.5 Å². The lowest BCUT2D eigenvalue weighted by Crippen LogP contribution is -2.03. The number of aryl methyl sites for hydroxylation is 1. The molecule has 0 bridgehead atoms. The number of aromatic nitrogens is 1. The standard InChI is InChI=1S/C13H10FNO3/c1-7-2-3-9(14)5-10(7)12(16)8-4-11(13(17)18)15-6-8/h2-6,15H,1H3,(H,17,18).